The zero-order valence-electron chi connectivity index (χ0n) is 16.3. The third-order valence-corrected chi connectivity index (χ3v) is 10.6. The first-order chi connectivity index (χ1) is 11.7. The summed E-state index contributed by atoms with van der Waals surface area (Å²) >= 11 is 0. The van der Waals surface area contributed by atoms with Crippen molar-refractivity contribution in [2.75, 3.05) is 6.61 Å². The minimum absolute atomic E-state index is 0.206. The van der Waals surface area contributed by atoms with Gasteiger partial charge in [-0.25, -0.2) is 0 Å². The molecular formula is C21H31NO2Si. The van der Waals surface area contributed by atoms with Crippen molar-refractivity contribution >= 4 is 14.2 Å². The van der Waals surface area contributed by atoms with Crippen molar-refractivity contribution in [3.05, 3.63) is 47.2 Å². The number of carbonyl (C=O) groups excluding carboxylic acids is 1. The largest absolute Gasteiger partial charge is 0.413 e. The minimum Gasteiger partial charge on any atom is -0.413 e. The molecule has 0 bridgehead atoms. The van der Waals surface area contributed by atoms with E-state index in [0.29, 0.717) is 25.0 Å². The molecule has 25 heavy (non-hydrogen) atoms. The monoisotopic (exact) mass is 357 g/mol. The molecule has 2 heterocycles. The van der Waals surface area contributed by atoms with E-state index in [1.165, 1.54) is 16.8 Å². The topological polar surface area (TPSA) is 29.5 Å². The van der Waals surface area contributed by atoms with Crippen molar-refractivity contribution in [1.29, 1.82) is 0 Å². The van der Waals surface area contributed by atoms with Crippen molar-refractivity contribution in [2.24, 2.45) is 0 Å². The Morgan fingerprint density at radius 2 is 1.88 bits per heavy atom. The molecule has 1 saturated heterocycles. The van der Waals surface area contributed by atoms with Crippen LogP contribution in [0.15, 0.2) is 41.6 Å². The van der Waals surface area contributed by atoms with E-state index in [-0.39, 0.29) is 5.04 Å². The first-order valence-corrected chi connectivity index (χ1v) is 12.3. The molecule has 1 aromatic rings. The number of hydrogen-bond acceptors (Lipinski definition) is 2. The third-order valence-electron chi connectivity index (χ3n) is 6.13. The zero-order valence-corrected chi connectivity index (χ0v) is 17.3. The lowest BCUT2D eigenvalue weighted by atomic mass is 10.0. The van der Waals surface area contributed by atoms with Gasteiger partial charge in [0.15, 0.2) is 8.32 Å². The van der Waals surface area contributed by atoms with Gasteiger partial charge in [0, 0.05) is 24.6 Å². The molecule has 4 heteroatoms. The van der Waals surface area contributed by atoms with Crippen LogP contribution < -0.4 is 0 Å². The van der Waals surface area contributed by atoms with E-state index in [4.69, 9.17) is 4.43 Å². The van der Waals surface area contributed by atoms with Crippen LogP contribution in [0, 0.1) is 0 Å². The van der Waals surface area contributed by atoms with Gasteiger partial charge >= 0.3 is 0 Å². The number of allylic oxidation sites excluding steroid dienone is 1. The Morgan fingerprint density at radius 1 is 1.20 bits per heavy atom. The number of hydrogen-bond donors (Lipinski definition) is 0. The van der Waals surface area contributed by atoms with Gasteiger partial charge in [-0.2, -0.15) is 0 Å². The van der Waals surface area contributed by atoms with E-state index in [0.717, 1.165) is 19.3 Å². The fourth-order valence-electron chi connectivity index (χ4n) is 3.51. The molecule has 0 N–H and O–H groups in total. The summed E-state index contributed by atoms with van der Waals surface area (Å²) in [6, 6.07) is 10.8. The summed E-state index contributed by atoms with van der Waals surface area (Å²) in [6.07, 6.45) is 3.50. The van der Waals surface area contributed by atoms with Crippen LogP contribution in [0.3, 0.4) is 0 Å². The number of benzene rings is 1. The van der Waals surface area contributed by atoms with Crippen LogP contribution in [0.25, 0.3) is 0 Å². The molecule has 3 nitrogen and oxygen atoms in total. The fourth-order valence-corrected chi connectivity index (χ4v) is 4.47. The van der Waals surface area contributed by atoms with Gasteiger partial charge in [-0.3, -0.25) is 4.79 Å². The quantitative estimate of drug-likeness (QED) is 0.702. The second-order valence-corrected chi connectivity index (χ2v) is 13.7. The number of amides is 1. The molecule has 1 fully saturated rings. The Hall–Kier alpha value is -1.39. The first kappa shape index (κ1) is 18.4. The lowest BCUT2D eigenvalue weighted by Gasteiger charge is -2.36. The third kappa shape index (κ3) is 3.75. The van der Waals surface area contributed by atoms with Crippen LogP contribution in [0.2, 0.25) is 18.1 Å². The maximum atomic E-state index is 12.4. The highest BCUT2D eigenvalue weighted by Crippen LogP contribution is 2.41. The summed E-state index contributed by atoms with van der Waals surface area (Å²) in [5.74, 6) is 0.290. The van der Waals surface area contributed by atoms with E-state index in [2.05, 4.69) is 63.0 Å². The van der Waals surface area contributed by atoms with Gasteiger partial charge < -0.3 is 9.33 Å². The summed E-state index contributed by atoms with van der Waals surface area (Å²) in [7, 11) is -1.78. The maximum absolute atomic E-state index is 12.4. The summed E-state index contributed by atoms with van der Waals surface area (Å²) < 4.78 is 6.49. The highest BCUT2D eigenvalue weighted by atomic mass is 28.4. The van der Waals surface area contributed by atoms with Crippen LogP contribution in [-0.2, 0) is 15.6 Å². The SMILES string of the molecule is CC(C)(C)[Si](C)(C)OCC1=C(Cc2ccccc2)N2C(=O)CC[C@H]2C1. The van der Waals surface area contributed by atoms with Gasteiger partial charge in [0.2, 0.25) is 5.91 Å². The van der Waals surface area contributed by atoms with Crippen LogP contribution in [0.1, 0.15) is 45.6 Å². The molecule has 0 unspecified atom stereocenters. The average molecular weight is 358 g/mol. The lowest BCUT2D eigenvalue weighted by Crippen LogP contribution is -2.41. The van der Waals surface area contributed by atoms with Crippen LogP contribution in [0.5, 0.6) is 0 Å². The molecule has 136 valence electrons. The van der Waals surface area contributed by atoms with E-state index in [1.807, 2.05) is 6.07 Å². The number of nitrogens with zero attached hydrogens (tertiary/aromatic N) is 1. The van der Waals surface area contributed by atoms with Gasteiger partial charge in [-0.15, -0.1) is 0 Å². The van der Waals surface area contributed by atoms with Crippen LogP contribution in [-0.4, -0.2) is 31.8 Å². The van der Waals surface area contributed by atoms with Gasteiger partial charge in [0.1, 0.15) is 0 Å². The van der Waals surface area contributed by atoms with Gasteiger partial charge in [0.05, 0.1) is 6.61 Å². The van der Waals surface area contributed by atoms with Crippen molar-refractivity contribution in [2.45, 2.75) is 70.6 Å². The second-order valence-electron chi connectivity index (χ2n) is 8.92. The highest BCUT2D eigenvalue weighted by Gasteiger charge is 2.42. The Kier molecular flexibility index (Phi) is 4.95. The van der Waals surface area contributed by atoms with Crippen LogP contribution >= 0.6 is 0 Å². The molecule has 0 radical (unpaired) electrons. The first-order valence-electron chi connectivity index (χ1n) is 9.40. The molecule has 3 rings (SSSR count). The van der Waals surface area contributed by atoms with E-state index in [9.17, 15) is 4.79 Å². The standard InChI is InChI=1S/C21H31NO2Si/c1-21(2,3)25(4,5)24-15-17-14-18-11-12-20(23)22(18)19(17)13-16-9-7-6-8-10-16/h6-10,18H,11-15H2,1-5H3/t18-/m0/s1. The minimum atomic E-state index is -1.78. The van der Waals surface area contributed by atoms with Crippen molar-refractivity contribution < 1.29 is 9.22 Å². The number of carbonyl (C=O) groups is 1. The number of rotatable bonds is 5. The van der Waals surface area contributed by atoms with E-state index >= 15 is 0 Å². The molecule has 2 aliphatic rings. The van der Waals surface area contributed by atoms with E-state index < -0.39 is 8.32 Å². The molecule has 0 aromatic heterocycles. The molecule has 1 atom stereocenters. The Bertz CT molecular complexity index is 673. The molecule has 2 aliphatic heterocycles. The summed E-state index contributed by atoms with van der Waals surface area (Å²) in [6.45, 7) is 12.1. The van der Waals surface area contributed by atoms with Gasteiger partial charge in [-0.05, 0) is 42.1 Å². The lowest BCUT2D eigenvalue weighted by molar-refractivity contribution is -0.126. The second kappa shape index (κ2) is 6.73. The summed E-state index contributed by atoms with van der Waals surface area (Å²) in [5.41, 5.74) is 3.81. The Morgan fingerprint density at radius 3 is 2.52 bits per heavy atom. The summed E-state index contributed by atoms with van der Waals surface area (Å²) in [4.78, 5) is 14.5. The molecule has 0 spiro atoms. The Labute approximate surface area is 153 Å². The molecule has 0 saturated carbocycles. The number of fused-ring (bicyclic) bond motifs is 1. The average Bonchev–Trinajstić information content (AvgIpc) is 3.06. The van der Waals surface area contributed by atoms with Crippen molar-refractivity contribution in [1.82, 2.24) is 4.90 Å². The summed E-state index contributed by atoms with van der Waals surface area (Å²) in [5, 5.41) is 0.206. The normalized spacial score (nSPS) is 21.2. The molecular weight excluding hydrogens is 326 g/mol. The predicted molar refractivity (Wildman–Crippen MR) is 105 cm³/mol. The molecule has 0 aliphatic carbocycles. The maximum Gasteiger partial charge on any atom is 0.227 e. The zero-order chi connectivity index (χ0) is 18.2. The van der Waals surface area contributed by atoms with E-state index in [1.54, 1.807) is 0 Å². The Balaban J connectivity index is 1.83. The van der Waals surface area contributed by atoms with Crippen LogP contribution in [0.4, 0.5) is 0 Å². The van der Waals surface area contributed by atoms with Gasteiger partial charge in [-0.1, -0.05) is 51.1 Å². The molecule has 1 aromatic carbocycles. The van der Waals surface area contributed by atoms with Gasteiger partial charge in [0.25, 0.3) is 0 Å². The molecule has 1 amide bonds. The van der Waals surface area contributed by atoms with Crippen molar-refractivity contribution in [3.63, 3.8) is 0 Å². The smallest absolute Gasteiger partial charge is 0.227 e. The fraction of sp³-hybridized carbons (Fsp3) is 0.571. The van der Waals surface area contributed by atoms with Crippen molar-refractivity contribution in [3.8, 4) is 0 Å². The highest BCUT2D eigenvalue weighted by molar-refractivity contribution is 6.74. The predicted octanol–water partition coefficient (Wildman–Crippen LogP) is 4.90.